The quantitative estimate of drug-likeness (QED) is 0.864. The van der Waals surface area contributed by atoms with Gasteiger partial charge in [-0.3, -0.25) is 0 Å². The first-order chi connectivity index (χ1) is 9.43. The van der Waals surface area contributed by atoms with E-state index in [0.717, 1.165) is 30.4 Å². The topological polar surface area (TPSA) is 47.9 Å². The molecule has 0 saturated carbocycles. The highest BCUT2D eigenvalue weighted by atomic mass is 16.5. The predicted octanol–water partition coefficient (Wildman–Crippen LogP) is 3.11. The second-order valence-electron chi connectivity index (χ2n) is 6.10. The number of hydrogen-bond donors (Lipinski definition) is 1. The van der Waals surface area contributed by atoms with E-state index in [-0.39, 0.29) is 5.41 Å². The molecule has 20 heavy (non-hydrogen) atoms. The van der Waals surface area contributed by atoms with Crippen molar-refractivity contribution in [1.29, 1.82) is 0 Å². The molecule has 0 saturated heterocycles. The minimum absolute atomic E-state index is 0.101. The van der Waals surface area contributed by atoms with Gasteiger partial charge in [0.1, 0.15) is 0 Å². The van der Waals surface area contributed by atoms with Gasteiger partial charge in [0.15, 0.2) is 11.5 Å². The van der Waals surface area contributed by atoms with Crippen molar-refractivity contribution in [3.63, 3.8) is 0 Å². The Kier molecular flexibility index (Phi) is 4.14. The third-order valence-electron chi connectivity index (χ3n) is 4.12. The van der Waals surface area contributed by atoms with Gasteiger partial charge in [0, 0.05) is 5.56 Å². The first-order valence-corrected chi connectivity index (χ1v) is 6.93. The van der Waals surface area contributed by atoms with Crippen LogP contribution < -0.4 is 14.2 Å². The Bertz CT molecular complexity index is 494. The van der Waals surface area contributed by atoms with Gasteiger partial charge in [0.25, 0.3) is 0 Å². The van der Waals surface area contributed by atoms with Gasteiger partial charge in [-0.15, -0.1) is 0 Å². The van der Waals surface area contributed by atoms with Crippen molar-refractivity contribution in [2.45, 2.75) is 39.2 Å². The smallest absolute Gasteiger partial charge is 0.203 e. The molecule has 1 aromatic rings. The Balaban J connectivity index is 2.62. The monoisotopic (exact) mass is 280 g/mol. The molecule has 4 nitrogen and oxygen atoms in total. The van der Waals surface area contributed by atoms with Crippen LogP contribution in [0.2, 0.25) is 0 Å². The molecular weight excluding hydrogens is 256 g/mol. The minimum atomic E-state index is -0.504. The third-order valence-corrected chi connectivity index (χ3v) is 4.12. The normalized spacial score (nSPS) is 20.8. The zero-order valence-corrected chi connectivity index (χ0v) is 12.9. The van der Waals surface area contributed by atoms with Gasteiger partial charge >= 0.3 is 0 Å². The van der Waals surface area contributed by atoms with Crippen LogP contribution in [0.5, 0.6) is 17.2 Å². The predicted molar refractivity (Wildman–Crippen MR) is 77.8 cm³/mol. The van der Waals surface area contributed by atoms with Gasteiger partial charge in [-0.1, -0.05) is 13.8 Å². The third kappa shape index (κ3) is 2.57. The summed E-state index contributed by atoms with van der Waals surface area (Å²) in [4.78, 5) is 0. The number of aliphatic hydroxyl groups is 1. The molecule has 1 aliphatic carbocycles. The molecule has 2 rings (SSSR count). The molecule has 0 aliphatic heterocycles. The fourth-order valence-corrected chi connectivity index (χ4v) is 2.99. The maximum atomic E-state index is 10.5. The van der Waals surface area contributed by atoms with Crippen molar-refractivity contribution in [2.24, 2.45) is 5.41 Å². The number of benzene rings is 1. The molecule has 0 aromatic heterocycles. The zero-order valence-electron chi connectivity index (χ0n) is 12.9. The van der Waals surface area contributed by atoms with Crippen molar-refractivity contribution in [3.8, 4) is 17.2 Å². The lowest BCUT2D eigenvalue weighted by Gasteiger charge is -2.24. The molecule has 1 N–H and O–H groups in total. The Morgan fingerprint density at radius 3 is 2.30 bits per heavy atom. The van der Waals surface area contributed by atoms with Crippen LogP contribution in [0.1, 0.15) is 43.9 Å². The summed E-state index contributed by atoms with van der Waals surface area (Å²) in [7, 11) is 4.82. The van der Waals surface area contributed by atoms with Gasteiger partial charge in [-0.25, -0.2) is 0 Å². The van der Waals surface area contributed by atoms with E-state index in [1.165, 1.54) is 0 Å². The molecule has 1 atom stereocenters. The Morgan fingerprint density at radius 1 is 1.10 bits per heavy atom. The van der Waals surface area contributed by atoms with E-state index < -0.39 is 6.10 Å². The highest BCUT2D eigenvalue weighted by Crippen LogP contribution is 2.48. The number of ether oxygens (including phenoxy) is 3. The van der Waals surface area contributed by atoms with E-state index in [4.69, 9.17) is 14.2 Å². The first-order valence-electron chi connectivity index (χ1n) is 6.93. The van der Waals surface area contributed by atoms with E-state index in [1.807, 2.05) is 6.07 Å². The van der Waals surface area contributed by atoms with E-state index in [2.05, 4.69) is 13.8 Å². The fourth-order valence-electron chi connectivity index (χ4n) is 2.99. The zero-order chi connectivity index (χ0) is 14.9. The fraction of sp³-hybridized carbons (Fsp3) is 0.625. The number of hydrogen-bond acceptors (Lipinski definition) is 4. The van der Waals surface area contributed by atoms with Crippen molar-refractivity contribution in [2.75, 3.05) is 21.3 Å². The Morgan fingerprint density at radius 2 is 1.75 bits per heavy atom. The first kappa shape index (κ1) is 15.0. The summed E-state index contributed by atoms with van der Waals surface area (Å²) in [6, 6.07) is 1.88. The van der Waals surface area contributed by atoms with E-state index >= 15 is 0 Å². The van der Waals surface area contributed by atoms with Crippen molar-refractivity contribution in [1.82, 2.24) is 0 Å². The molecule has 0 spiro atoms. The molecule has 1 unspecified atom stereocenters. The average molecular weight is 280 g/mol. The minimum Gasteiger partial charge on any atom is -0.493 e. The van der Waals surface area contributed by atoms with Crippen LogP contribution in [-0.2, 0) is 6.42 Å². The lowest BCUT2D eigenvalue weighted by Crippen LogP contribution is -2.13. The molecule has 0 radical (unpaired) electrons. The molecule has 0 fully saturated rings. The maximum Gasteiger partial charge on any atom is 0.203 e. The average Bonchev–Trinajstić information content (AvgIpc) is 2.52. The van der Waals surface area contributed by atoms with Crippen LogP contribution >= 0.6 is 0 Å². The summed E-state index contributed by atoms with van der Waals surface area (Å²) in [6.45, 7) is 4.37. The van der Waals surface area contributed by atoms with Gasteiger partial charge in [-0.2, -0.15) is 0 Å². The molecule has 0 heterocycles. The second-order valence-corrected chi connectivity index (χ2v) is 6.10. The van der Waals surface area contributed by atoms with E-state index in [9.17, 15) is 5.11 Å². The molecule has 0 bridgehead atoms. The summed E-state index contributed by atoms with van der Waals surface area (Å²) in [5.41, 5.74) is 2.03. The summed E-state index contributed by atoms with van der Waals surface area (Å²) in [5.74, 6) is 1.88. The molecule has 4 heteroatoms. The summed E-state index contributed by atoms with van der Waals surface area (Å²) in [6.07, 6.45) is 2.10. The van der Waals surface area contributed by atoms with Crippen LogP contribution in [0.3, 0.4) is 0 Å². The maximum absolute atomic E-state index is 10.5. The van der Waals surface area contributed by atoms with E-state index in [1.54, 1.807) is 21.3 Å². The molecule has 1 aliphatic rings. The molecule has 0 amide bonds. The van der Waals surface area contributed by atoms with Crippen LogP contribution in [0.4, 0.5) is 0 Å². The van der Waals surface area contributed by atoms with Crippen LogP contribution in [-0.4, -0.2) is 26.4 Å². The summed E-state index contributed by atoms with van der Waals surface area (Å²) >= 11 is 0. The lowest BCUT2D eigenvalue weighted by molar-refractivity contribution is 0.116. The molecule has 112 valence electrons. The highest BCUT2D eigenvalue weighted by Gasteiger charge is 2.32. The van der Waals surface area contributed by atoms with E-state index in [0.29, 0.717) is 17.2 Å². The molecule has 1 aromatic carbocycles. The number of rotatable bonds is 3. The van der Waals surface area contributed by atoms with Crippen LogP contribution in [0.15, 0.2) is 6.07 Å². The van der Waals surface area contributed by atoms with Crippen molar-refractivity contribution in [3.05, 3.63) is 17.2 Å². The second kappa shape index (κ2) is 5.52. The summed E-state index contributed by atoms with van der Waals surface area (Å²) in [5, 5.41) is 10.5. The highest BCUT2D eigenvalue weighted by molar-refractivity contribution is 5.60. The Labute approximate surface area is 120 Å². The van der Waals surface area contributed by atoms with Crippen molar-refractivity contribution < 1.29 is 19.3 Å². The Hall–Kier alpha value is -1.42. The van der Waals surface area contributed by atoms with Gasteiger partial charge in [0.05, 0.1) is 27.4 Å². The lowest BCUT2D eigenvalue weighted by atomic mass is 9.84. The molecular formula is C16H24O4. The van der Waals surface area contributed by atoms with Gasteiger partial charge in [0.2, 0.25) is 5.75 Å². The largest absolute Gasteiger partial charge is 0.493 e. The van der Waals surface area contributed by atoms with Crippen LogP contribution in [0.25, 0.3) is 0 Å². The van der Waals surface area contributed by atoms with Gasteiger partial charge < -0.3 is 19.3 Å². The van der Waals surface area contributed by atoms with Gasteiger partial charge in [-0.05, 0) is 36.3 Å². The summed E-state index contributed by atoms with van der Waals surface area (Å²) < 4.78 is 16.3. The number of aliphatic hydroxyl groups excluding tert-OH is 1. The van der Waals surface area contributed by atoms with Crippen molar-refractivity contribution >= 4 is 0 Å². The number of fused-ring (bicyclic) bond motifs is 1. The number of methoxy groups -OCH3 is 3. The SMILES string of the molecule is COc1cc2c(c(OC)c1OC)CCC(C)(C)CC2O. The standard InChI is InChI=1S/C16H24O4/c1-16(2)7-6-10-11(12(17)9-16)8-13(18-3)15(20-5)14(10)19-4/h8,12,17H,6-7,9H2,1-5H3. The van der Waals surface area contributed by atoms with Crippen LogP contribution in [0, 0.1) is 5.41 Å².